The van der Waals surface area contributed by atoms with Crippen molar-refractivity contribution in [3.8, 4) is 0 Å². The number of thiophene rings is 1. The second-order valence-corrected chi connectivity index (χ2v) is 8.69. The number of nitrogens with zero attached hydrogens (tertiary/aromatic N) is 1. The molecule has 3 rings (SSSR count). The Bertz CT molecular complexity index is 585. The lowest BCUT2D eigenvalue weighted by atomic mass is 10.2. The molecule has 1 N–H and O–H groups in total. The van der Waals surface area contributed by atoms with Gasteiger partial charge >= 0.3 is 0 Å². The predicted molar refractivity (Wildman–Crippen MR) is 78.5 cm³/mol. The molecule has 0 spiro atoms. The maximum absolute atomic E-state index is 12.8. The van der Waals surface area contributed by atoms with E-state index in [1.54, 1.807) is 15.6 Å². The normalized spacial score (nSPS) is 27.1. The third-order valence-corrected chi connectivity index (χ3v) is 7.04. The molecule has 0 aromatic carbocycles. The quantitative estimate of drug-likeness (QED) is 0.910. The van der Waals surface area contributed by atoms with Crippen LogP contribution in [0.1, 0.15) is 22.6 Å². The second kappa shape index (κ2) is 5.38. The van der Waals surface area contributed by atoms with Crippen LogP contribution in [0.25, 0.3) is 0 Å². The molecule has 2 fully saturated rings. The Kier molecular flexibility index (Phi) is 3.89. The van der Waals surface area contributed by atoms with Crippen LogP contribution < -0.4 is 5.32 Å². The summed E-state index contributed by atoms with van der Waals surface area (Å²) >= 11 is 1.55. The fourth-order valence-corrected chi connectivity index (χ4v) is 6.07. The standard InChI is InChI=1S/C13H20N2O3S2/c1-9-13(5-12(19-9)6-14-2)20(16,17)15-7-10-3-4-11(8-15)18-10/h5,10-11,14H,3-4,6-8H2,1-2H3. The summed E-state index contributed by atoms with van der Waals surface area (Å²) in [6, 6.07) is 1.81. The van der Waals surface area contributed by atoms with Gasteiger partial charge in [-0.25, -0.2) is 8.42 Å². The summed E-state index contributed by atoms with van der Waals surface area (Å²) in [5, 5.41) is 3.06. The number of aryl methyl sites for hydroxylation is 1. The van der Waals surface area contributed by atoms with E-state index in [0.29, 0.717) is 24.5 Å². The first-order valence-corrected chi connectivity index (χ1v) is 9.16. The van der Waals surface area contributed by atoms with Crippen LogP contribution in [0.3, 0.4) is 0 Å². The van der Waals surface area contributed by atoms with Gasteiger partial charge in [0.15, 0.2) is 0 Å². The Morgan fingerprint density at radius 1 is 1.40 bits per heavy atom. The molecule has 1 aromatic heterocycles. The van der Waals surface area contributed by atoms with E-state index in [0.717, 1.165) is 22.6 Å². The van der Waals surface area contributed by atoms with E-state index in [1.165, 1.54) is 0 Å². The summed E-state index contributed by atoms with van der Waals surface area (Å²) in [5.41, 5.74) is 0. The van der Waals surface area contributed by atoms with E-state index >= 15 is 0 Å². The minimum absolute atomic E-state index is 0.0826. The second-order valence-electron chi connectivity index (χ2n) is 5.44. The van der Waals surface area contributed by atoms with Crippen LogP contribution in [0.5, 0.6) is 0 Å². The van der Waals surface area contributed by atoms with Crippen molar-refractivity contribution in [1.82, 2.24) is 9.62 Å². The number of ether oxygens (including phenoxy) is 1. The third-order valence-electron chi connectivity index (χ3n) is 3.90. The van der Waals surface area contributed by atoms with Crippen LogP contribution in [0.15, 0.2) is 11.0 Å². The zero-order valence-electron chi connectivity index (χ0n) is 11.8. The van der Waals surface area contributed by atoms with Gasteiger partial charge in [0.25, 0.3) is 0 Å². The Hall–Kier alpha value is -0.470. The van der Waals surface area contributed by atoms with Crippen molar-refractivity contribution >= 4 is 21.4 Å². The molecule has 2 aliphatic rings. The fourth-order valence-electron chi connectivity index (χ4n) is 2.95. The molecule has 2 atom stereocenters. The number of hydrogen-bond acceptors (Lipinski definition) is 5. The van der Waals surface area contributed by atoms with Crippen molar-refractivity contribution in [2.75, 3.05) is 20.1 Å². The highest BCUT2D eigenvalue weighted by molar-refractivity contribution is 7.89. The van der Waals surface area contributed by atoms with Crippen LogP contribution >= 0.6 is 11.3 Å². The van der Waals surface area contributed by atoms with Gasteiger partial charge in [-0.2, -0.15) is 4.31 Å². The maximum Gasteiger partial charge on any atom is 0.244 e. The lowest BCUT2D eigenvalue weighted by Crippen LogP contribution is -2.45. The largest absolute Gasteiger partial charge is 0.372 e. The summed E-state index contributed by atoms with van der Waals surface area (Å²) in [7, 11) is -1.52. The lowest BCUT2D eigenvalue weighted by Gasteiger charge is -2.31. The van der Waals surface area contributed by atoms with E-state index in [4.69, 9.17) is 4.74 Å². The summed E-state index contributed by atoms with van der Waals surface area (Å²) in [4.78, 5) is 2.39. The molecular formula is C13H20N2O3S2. The van der Waals surface area contributed by atoms with E-state index in [2.05, 4.69) is 5.32 Å². The van der Waals surface area contributed by atoms with Gasteiger partial charge in [-0.1, -0.05) is 0 Å². The zero-order valence-corrected chi connectivity index (χ0v) is 13.4. The number of rotatable bonds is 4. The van der Waals surface area contributed by atoms with Crippen molar-refractivity contribution < 1.29 is 13.2 Å². The molecule has 7 heteroatoms. The summed E-state index contributed by atoms with van der Waals surface area (Å²) in [5.74, 6) is 0. The van der Waals surface area contributed by atoms with Crippen LogP contribution in [-0.2, 0) is 21.3 Å². The predicted octanol–water partition coefficient (Wildman–Crippen LogP) is 1.33. The molecule has 2 saturated heterocycles. The Balaban J connectivity index is 1.88. The molecule has 3 heterocycles. The third kappa shape index (κ3) is 2.53. The molecular weight excluding hydrogens is 296 g/mol. The first kappa shape index (κ1) is 14.5. The van der Waals surface area contributed by atoms with Crippen molar-refractivity contribution in [2.24, 2.45) is 0 Å². The van der Waals surface area contributed by atoms with Gasteiger partial charge in [-0.15, -0.1) is 11.3 Å². The van der Waals surface area contributed by atoms with Crippen LogP contribution in [-0.4, -0.2) is 45.1 Å². The van der Waals surface area contributed by atoms with Crippen LogP contribution in [0.4, 0.5) is 0 Å². The highest BCUT2D eigenvalue weighted by Crippen LogP contribution is 2.33. The SMILES string of the molecule is CNCc1cc(S(=O)(=O)N2CC3CCC(C2)O3)c(C)s1. The summed E-state index contributed by atoms with van der Waals surface area (Å²) in [6.07, 6.45) is 2.12. The minimum atomic E-state index is -3.38. The average molecular weight is 316 g/mol. The molecule has 0 amide bonds. The van der Waals surface area contributed by atoms with Gasteiger partial charge in [0.05, 0.1) is 17.1 Å². The topological polar surface area (TPSA) is 58.6 Å². The minimum Gasteiger partial charge on any atom is -0.372 e. The van der Waals surface area contributed by atoms with Gasteiger partial charge < -0.3 is 10.1 Å². The molecule has 2 bridgehead atoms. The first-order chi connectivity index (χ1) is 9.50. The molecule has 0 saturated carbocycles. The molecule has 0 radical (unpaired) electrons. The highest BCUT2D eigenvalue weighted by atomic mass is 32.2. The van der Waals surface area contributed by atoms with E-state index in [-0.39, 0.29) is 12.2 Å². The number of fused-ring (bicyclic) bond motifs is 2. The van der Waals surface area contributed by atoms with Gasteiger partial charge in [-0.05, 0) is 32.9 Å². The van der Waals surface area contributed by atoms with Crippen LogP contribution in [0, 0.1) is 6.92 Å². The molecule has 5 nitrogen and oxygen atoms in total. The molecule has 1 aromatic rings. The summed E-state index contributed by atoms with van der Waals surface area (Å²) < 4.78 is 32.9. The maximum atomic E-state index is 12.8. The number of sulfonamides is 1. The van der Waals surface area contributed by atoms with Crippen molar-refractivity contribution in [1.29, 1.82) is 0 Å². The van der Waals surface area contributed by atoms with Gasteiger partial charge in [0.1, 0.15) is 0 Å². The van der Waals surface area contributed by atoms with Crippen molar-refractivity contribution in [3.05, 3.63) is 15.8 Å². The zero-order chi connectivity index (χ0) is 14.3. The van der Waals surface area contributed by atoms with Crippen molar-refractivity contribution in [3.63, 3.8) is 0 Å². The van der Waals surface area contributed by atoms with E-state index < -0.39 is 10.0 Å². The van der Waals surface area contributed by atoms with Crippen molar-refractivity contribution in [2.45, 2.75) is 43.4 Å². The molecule has 0 aliphatic carbocycles. The highest BCUT2D eigenvalue weighted by Gasteiger charge is 2.40. The number of morpholine rings is 1. The number of hydrogen-bond donors (Lipinski definition) is 1. The van der Waals surface area contributed by atoms with Gasteiger partial charge in [0, 0.05) is 29.4 Å². The van der Waals surface area contributed by atoms with Gasteiger partial charge in [0.2, 0.25) is 10.0 Å². The number of nitrogens with one attached hydrogen (secondary N) is 1. The fraction of sp³-hybridized carbons (Fsp3) is 0.692. The van der Waals surface area contributed by atoms with Gasteiger partial charge in [-0.3, -0.25) is 0 Å². The average Bonchev–Trinajstić information content (AvgIpc) is 2.93. The first-order valence-electron chi connectivity index (χ1n) is 6.90. The molecule has 2 unspecified atom stereocenters. The Morgan fingerprint density at radius 2 is 2.05 bits per heavy atom. The molecule has 2 aliphatic heterocycles. The smallest absolute Gasteiger partial charge is 0.244 e. The Labute approximate surface area is 124 Å². The molecule has 112 valence electrons. The monoisotopic (exact) mass is 316 g/mol. The van der Waals surface area contributed by atoms with Crippen LogP contribution in [0.2, 0.25) is 0 Å². The van der Waals surface area contributed by atoms with E-state index in [9.17, 15) is 8.42 Å². The lowest BCUT2D eigenvalue weighted by molar-refractivity contribution is -0.0114. The Morgan fingerprint density at radius 3 is 2.65 bits per heavy atom. The molecule has 20 heavy (non-hydrogen) atoms. The summed E-state index contributed by atoms with van der Waals surface area (Å²) in [6.45, 7) is 3.58. The van der Waals surface area contributed by atoms with E-state index in [1.807, 2.05) is 20.0 Å².